The lowest BCUT2D eigenvalue weighted by Gasteiger charge is -2.33. The van der Waals surface area contributed by atoms with Gasteiger partial charge >= 0.3 is 0 Å². The quantitative estimate of drug-likeness (QED) is 0.389. The normalized spacial score (nSPS) is 16.6. The van der Waals surface area contributed by atoms with Crippen LogP contribution in [0.4, 0.5) is 5.13 Å². The molecule has 4 rings (SSSR count). The Morgan fingerprint density at radius 1 is 1.12 bits per heavy atom. The summed E-state index contributed by atoms with van der Waals surface area (Å²) in [6.07, 6.45) is 0. The van der Waals surface area contributed by atoms with Crippen LogP contribution >= 0.6 is 23.1 Å². The summed E-state index contributed by atoms with van der Waals surface area (Å²) in [6.45, 7) is 0.605. The number of amides is 1. The fourth-order valence-electron chi connectivity index (χ4n) is 3.46. The topological polar surface area (TPSA) is 116 Å². The zero-order valence-electron chi connectivity index (χ0n) is 17.5. The van der Waals surface area contributed by atoms with E-state index in [-0.39, 0.29) is 17.4 Å². The molecule has 1 atom stereocenters. The van der Waals surface area contributed by atoms with Gasteiger partial charge in [-0.2, -0.15) is 5.26 Å². The Morgan fingerprint density at radius 2 is 1.82 bits per heavy atom. The SMILES string of the molecule is N#Cc1ccc(CSc2nnc(NC(=O)C(c3ccccc3)N3CCS(=O)(=O)CC3)s2)cc1. The van der Waals surface area contributed by atoms with Crippen LogP contribution in [0, 0.1) is 11.3 Å². The number of thioether (sulfide) groups is 1. The molecule has 1 amide bonds. The van der Waals surface area contributed by atoms with Crippen LogP contribution in [0.3, 0.4) is 0 Å². The van der Waals surface area contributed by atoms with Crippen molar-refractivity contribution in [3.63, 3.8) is 0 Å². The number of carbonyl (C=O) groups excluding carboxylic acids is 1. The van der Waals surface area contributed by atoms with Gasteiger partial charge in [0.2, 0.25) is 11.0 Å². The van der Waals surface area contributed by atoms with Crippen LogP contribution < -0.4 is 5.32 Å². The molecule has 1 N–H and O–H groups in total. The van der Waals surface area contributed by atoms with Gasteiger partial charge in [0.25, 0.3) is 0 Å². The van der Waals surface area contributed by atoms with Gasteiger partial charge in [-0.25, -0.2) is 8.42 Å². The lowest BCUT2D eigenvalue weighted by atomic mass is 10.0. The molecule has 11 heteroatoms. The van der Waals surface area contributed by atoms with Crippen LogP contribution in [0.1, 0.15) is 22.7 Å². The lowest BCUT2D eigenvalue weighted by molar-refractivity contribution is -0.121. The number of nitrogens with one attached hydrogen (secondary N) is 1. The number of aromatic nitrogens is 2. The summed E-state index contributed by atoms with van der Waals surface area (Å²) in [5.41, 5.74) is 2.47. The summed E-state index contributed by atoms with van der Waals surface area (Å²) in [5, 5.41) is 20.4. The summed E-state index contributed by atoms with van der Waals surface area (Å²) < 4.78 is 24.4. The van der Waals surface area contributed by atoms with Crippen LogP contribution in [-0.4, -0.2) is 54.0 Å². The van der Waals surface area contributed by atoms with E-state index in [4.69, 9.17) is 5.26 Å². The molecule has 0 radical (unpaired) electrons. The first-order valence-electron chi connectivity index (χ1n) is 10.2. The second-order valence-corrected chi connectivity index (χ2v) is 12.0. The predicted molar refractivity (Wildman–Crippen MR) is 129 cm³/mol. The Hall–Kier alpha value is -2.78. The Kier molecular flexibility index (Phi) is 7.39. The monoisotopic (exact) mass is 499 g/mol. The molecule has 1 aromatic heterocycles. The second-order valence-electron chi connectivity index (χ2n) is 7.46. The van der Waals surface area contributed by atoms with E-state index in [0.717, 1.165) is 15.5 Å². The van der Waals surface area contributed by atoms with Crippen molar-refractivity contribution < 1.29 is 13.2 Å². The van der Waals surface area contributed by atoms with Crippen LogP contribution in [0.5, 0.6) is 0 Å². The maximum atomic E-state index is 13.2. The van der Waals surface area contributed by atoms with Gasteiger partial charge in [0, 0.05) is 18.8 Å². The first-order valence-corrected chi connectivity index (χ1v) is 13.8. The molecule has 1 unspecified atom stereocenters. The standard InChI is InChI=1S/C22H21N5O3S3/c23-14-16-6-8-17(9-7-16)15-31-22-26-25-21(32-22)24-20(28)19(18-4-2-1-3-5-18)27-10-12-33(29,30)13-11-27/h1-9,19H,10-13,15H2,(H,24,25,28). The third-order valence-corrected chi connectivity index (χ3v) is 8.84. The Balaban J connectivity index is 1.42. The largest absolute Gasteiger partial charge is 0.299 e. The number of nitriles is 1. The Morgan fingerprint density at radius 3 is 2.48 bits per heavy atom. The third kappa shape index (κ3) is 6.17. The van der Waals surface area contributed by atoms with E-state index in [9.17, 15) is 13.2 Å². The van der Waals surface area contributed by atoms with Crippen molar-refractivity contribution in [1.82, 2.24) is 15.1 Å². The zero-order valence-corrected chi connectivity index (χ0v) is 20.0. The van der Waals surface area contributed by atoms with Gasteiger partial charge in [-0.1, -0.05) is 65.6 Å². The summed E-state index contributed by atoms with van der Waals surface area (Å²) in [6, 6.07) is 18.2. The van der Waals surface area contributed by atoms with Gasteiger partial charge in [0.05, 0.1) is 23.1 Å². The number of sulfone groups is 1. The average Bonchev–Trinajstić information content (AvgIpc) is 3.27. The molecular formula is C22H21N5O3S3. The summed E-state index contributed by atoms with van der Waals surface area (Å²) in [4.78, 5) is 15.1. The molecule has 2 heterocycles. The summed E-state index contributed by atoms with van der Waals surface area (Å²) >= 11 is 2.79. The van der Waals surface area contributed by atoms with Gasteiger partial charge in [-0.15, -0.1) is 10.2 Å². The molecule has 0 saturated carbocycles. The second kappa shape index (κ2) is 10.4. The van der Waals surface area contributed by atoms with Crippen LogP contribution in [0.25, 0.3) is 0 Å². The highest BCUT2D eigenvalue weighted by Gasteiger charge is 2.33. The van der Waals surface area contributed by atoms with E-state index in [1.54, 1.807) is 12.1 Å². The van der Waals surface area contributed by atoms with Gasteiger partial charge in [-0.05, 0) is 23.3 Å². The van der Waals surface area contributed by atoms with Crippen molar-refractivity contribution in [2.24, 2.45) is 0 Å². The minimum absolute atomic E-state index is 0.0402. The van der Waals surface area contributed by atoms with Crippen LogP contribution in [-0.2, 0) is 20.4 Å². The predicted octanol–water partition coefficient (Wildman–Crippen LogP) is 3.11. The molecule has 1 saturated heterocycles. The summed E-state index contributed by atoms with van der Waals surface area (Å²) in [5.74, 6) is 0.487. The minimum atomic E-state index is -3.06. The average molecular weight is 500 g/mol. The Labute approximate surface area is 200 Å². The molecule has 0 spiro atoms. The maximum absolute atomic E-state index is 13.2. The van der Waals surface area contributed by atoms with Crippen LogP contribution in [0.2, 0.25) is 0 Å². The molecule has 0 aliphatic carbocycles. The van der Waals surface area contributed by atoms with E-state index in [1.807, 2.05) is 47.4 Å². The van der Waals surface area contributed by atoms with Gasteiger partial charge in [0.1, 0.15) is 6.04 Å². The maximum Gasteiger partial charge on any atom is 0.248 e. The first kappa shape index (κ1) is 23.4. The molecule has 0 bridgehead atoms. The third-order valence-electron chi connectivity index (χ3n) is 5.19. The van der Waals surface area contributed by atoms with Crippen molar-refractivity contribution >= 4 is 44.0 Å². The lowest BCUT2D eigenvalue weighted by Crippen LogP contribution is -2.46. The molecule has 1 fully saturated rings. The molecule has 1 aliphatic rings. The number of rotatable bonds is 7. The number of hydrogen-bond acceptors (Lipinski definition) is 9. The number of carbonyl (C=O) groups is 1. The fourth-order valence-corrected chi connectivity index (χ4v) is 6.40. The number of hydrogen-bond donors (Lipinski definition) is 1. The van der Waals surface area contributed by atoms with Crippen molar-refractivity contribution in [1.29, 1.82) is 5.26 Å². The highest BCUT2D eigenvalue weighted by Crippen LogP contribution is 2.30. The van der Waals surface area contributed by atoms with E-state index in [1.165, 1.54) is 23.1 Å². The molecule has 1 aliphatic heterocycles. The smallest absolute Gasteiger partial charge is 0.248 e. The Bertz CT molecular complexity index is 1240. The zero-order chi connectivity index (χ0) is 23.3. The van der Waals surface area contributed by atoms with Crippen molar-refractivity contribution in [3.05, 3.63) is 71.3 Å². The molecule has 2 aromatic carbocycles. The number of benzene rings is 2. The number of nitrogens with zero attached hydrogens (tertiary/aromatic N) is 4. The first-order chi connectivity index (χ1) is 15.9. The van der Waals surface area contributed by atoms with Gasteiger partial charge in [0.15, 0.2) is 14.2 Å². The van der Waals surface area contributed by atoms with E-state index < -0.39 is 15.9 Å². The van der Waals surface area contributed by atoms with E-state index in [0.29, 0.717) is 29.5 Å². The molecule has 8 nitrogen and oxygen atoms in total. The molecular weight excluding hydrogens is 478 g/mol. The number of anilines is 1. The summed E-state index contributed by atoms with van der Waals surface area (Å²) in [7, 11) is -3.06. The van der Waals surface area contributed by atoms with Crippen molar-refractivity contribution in [3.8, 4) is 6.07 Å². The highest BCUT2D eigenvalue weighted by atomic mass is 32.2. The fraction of sp³-hybridized carbons (Fsp3) is 0.273. The highest BCUT2D eigenvalue weighted by molar-refractivity contribution is 8.00. The van der Waals surface area contributed by atoms with E-state index in [2.05, 4.69) is 21.6 Å². The van der Waals surface area contributed by atoms with Gasteiger partial charge in [-0.3, -0.25) is 15.0 Å². The van der Waals surface area contributed by atoms with E-state index >= 15 is 0 Å². The molecule has 170 valence electrons. The van der Waals surface area contributed by atoms with Crippen molar-refractivity contribution in [2.45, 2.75) is 16.1 Å². The van der Waals surface area contributed by atoms with Crippen molar-refractivity contribution in [2.75, 3.05) is 29.9 Å². The van der Waals surface area contributed by atoms with Gasteiger partial charge < -0.3 is 0 Å². The molecule has 33 heavy (non-hydrogen) atoms. The molecule has 3 aromatic rings. The van der Waals surface area contributed by atoms with Crippen LogP contribution in [0.15, 0.2) is 58.9 Å². The minimum Gasteiger partial charge on any atom is -0.299 e.